The number of unbranched alkanes of at least 4 members (excludes halogenated alkanes) is 1. The summed E-state index contributed by atoms with van der Waals surface area (Å²) in [5, 5.41) is 8.79. The highest BCUT2D eigenvalue weighted by atomic mass is 19.1. The molecule has 0 atom stereocenters. The van der Waals surface area contributed by atoms with E-state index in [0.29, 0.717) is 24.8 Å². The predicted octanol–water partition coefficient (Wildman–Crippen LogP) is 2.07. The van der Waals surface area contributed by atoms with Crippen LogP contribution in [-0.2, 0) is 6.42 Å². The Hall–Kier alpha value is -1.45. The SMILES string of the molecule is O=C(O)c1ncccc1CCCCF. The van der Waals surface area contributed by atoms with E-state index in [-0.39, 0.29) is 12.4 Å². The van der Waals surface area contributed by atoms with Crippen LogP contribution in [0.5, 0.6) is 0 Å². The van der Waals surface area contributed by atoms with Gasteiger partial charge in [-0.25, -0.2) is 9.78 Å². The highest BCUT2D eigenvalue weighted by molar-refractivity contribution is 5.86. The third kappa shape index (κ3) is 2.80. The minimum absolute atomic E-state index is 0.0753. The van der Waals surface area contributed by atoms with Crippen molar-refractivity contribution in [2.24, 2.45) is 0 Å². The van der Waals surface area contributed by atoms with Crippen LogP contribution in [0.2, 0.25) is 0 Å². The summed E-state index contributed by atoms with van der Waals surface area (Å²) in [6.45, 7) is -0.358. The van der Waals surface area contributed by atoms with Gasteiger partial charge in [0.2, 0.25) is 0 Å². The number of halogens is 1. The van der Waals surface area contributed by atoms with Crippen molar-refractivity contribution >= 4 is 5.97 Å². The largest absolute Gasteiger partial charge is 0.477 e. The molecule has 1 heterocycles. The van der Waals surface area contributed by atoms with Crippen LogP contribution in [0.25, 0.3) is 0 Å². The molecule has 1 N–H and O–H groups in total. The van der Waals surface area contributed by atoms with Crippen molar-refractivity contribution in [2.45, 2.75) is 19.3 Å². The second-order valence-electron chi connectivity index (χ2n) is 2.96. The number of hydrogen-bond acceptors (Lipinski definition) is 2. The molecule has 0 radical (unpaired) electrons. The molecule has 3 nitrogen and oxygen atoms in total. The van der Waals surface area contributed by atoms with E-state index in [1.54, 1.807) is 12.1 Å². The topological polar surface area (TPSA) is 50.2 Å². The fraction of sp³-hybridized carbons (Fsp3) is 0.400. The number of carbonyl (C=O) groups is 1. The number of carboxylic acid groups (broad SMARTS) is 1. The summed E-state index contributed by atoms with van der Waals surface area (Å²) in [5.41, 5.74) is 0.750. The third-order valence-electron chi connectivity index (χ3n) is 1.92. The first-order chi connectivity index (χ1) is 6.75. The van der Waals surface area contributed by atoms with E-state index in [1.165, 1.54) is 6.20 Å². The molecule has 1 aromatic rings. The van der Waals surface area contributed by atoms with Crippen LogP contribution in [0.3, 0.4) is 0 Å². The zero-order valence-corrected chi connectivity index (χ0v) is 7.74. The number of pyridine rings is 1. The van der Waals surface area contributed by atoms with Crippen LogP contribution in [0, 0.1) is 0 Å². The molecule has 0 aliphatic carbocycles. The number of rotatable bonds is 5. The number of alkyl halides is 1. The zero-order valence-electron chi connectivity index (χ0n) is 7.74. The van der Waals surface area contributed by atoms with Crippen LogP contribution in [-0.4, -0.2) is 22.7 Å². The highest BCUT2D eigenvalue weighted by Gasteiger charge is 2.09. The third-order valence-corrected chi connectivity index (χ3v) is 1.92. The summed E-state index contributed by atoms with van der Waals surface area (Å²) in [7, 11) is 0. The van der Waals surface area contributed by atoms with Crippen molar-refractivity contribution in [3.63, 3.8) is 0 Å². The Morgan fingerprint density at radius 3 is 2.93 bits per heavy atom. The molecular formula is C10H12FNO2. The van der Waals surface area contributed by atoms with E-state index in [2.05, 4.69) is 4.98 Å². The lowest BCUT2D eigenvalue weighted by Gasteiger charge is -2.03. The number of aromatic carboxylic acids is 1. The molecule has 0 saturated heterocycles. The lowest BCUT2D eigenvalue weighted by molar-refractivity contribution is 0.0689. The van der Waals surface area contributed by atoms with E-state index in [1.807, 2.05) is 0 Å². The Balaban J connectivity index is 2.69. The molecule has 0 aliphatic rings. The summed E-state index contributed by atoms with van der Waals surface area (Å²) in [5.74, 6) is -1.03. The van der Waals surface area contributed by atoms with Crippen LogP contribution in [0.1, 0.15) is 28.9 Å². The molecular weight excluding hydrogens is 185 g/mol. The number of nitrogens with zero attached hydrogens (tertiary/aromatic N) is 1. The highest BCUT2D eigenvalue weighted by Crippen LogP contribution is 2.09. The fourth-order valence-electron chi connectivity index (χ4n) is 1.24. The monoisotopic (exact) mass is 197 g/mol. The average Bonchev–Trinajstić information content (AvgIpc) is 2.19. The van der Waals surface area contributed by atoms with Gasteiger partial charge in [0, 0.05) is 6.20 Å². The molecule has 4 heteroatoms. The lowest BCUT2D eigenvalue weighted by Crippen LogP contribution is -2.05. The van der Waals surface area contributed by atoms with Crippen molar-refractivity contribution < 1.29 is 14.3 Å². The molecule has 0 saturated carbocycles. The quantitative estimate of drug-likeness (QED) is 0.735. The van der Waals surface area contributed by atoms with Gasteiger partial charge >= 0.3 is 5.97 Å². The summed E-state index contributed by atoms with van der Waals surface area (Å²) in [6, 6.07) is 3.41. The second-order valence-corrected chi connectivity index (χ2v) is 2.96. The number of carboxylic acids is 1. The summed E-state index contributed by atoms with van der Waals surface area (Å²) in [4.78, 5) is 14.5. The summed E-state index contributed by atoms with van der Waals surface area (Å²) < 4.78 is 11.8. The van der Waals surface area contributed by atoms with Crippen LogP contribution >= 0.6 is 0 Å². The molecule has 0 amide bonds. The van der Waals surface area contributed by atoms with Gasteiger partial charge in [0.05, 0.1) is 6.67 Å². The van der Waals surface area contributed by atoms with Gasteiger partial charge in [-0.3, -0.25) is 4.39 Å². The van der Waals surface area contributed by atoms with Crippen molar-refractivity contribution in [1.82, 2.24) is 4.98 Å². The molecule has 0 spiro atoms. The minimum atomic E-state index is -1.03. The Labute approximate surface area is 81.6 Å². The van der Waals surface area contributed by atoms with E-state index >= 15 is 0 Å². The zero-order chi connectivity index (χ0) is 10.4. The van der Waals surface area contributed by atoms with Gasteiger partial charge in [-0.2, -0.15) is 0 Å². The van der Waals surface area contributed by atoms with Crippen LogP contribution in [0.15, 0.2) is 18.3 Å². The van der Waals surface area contributed by atoms with Gasteiger partial charge in [-0.05, 0) is 30.9 Å². The van der Waals surface area contributed by atoms with E-state index in [4.69, 9.17) is 5.11 Å². The number of hydrogen-bond donors (Lipinski definition) is 1. The summed E-state index contributed by atoms with van der Waals surface area (Å²) >= 11 is 0. The van der Waals surface area contributed by atoms with Gasteiger partial charge in [0.1, 0.15) is 0 Å². The minimum Gasteiger partial charge on any atom is -0.477 e. The van der Waals surface area contributed by atoms with Gasteiger partial charge < -0.3 is 5.11 Å². The Morgan fingerprint density at radius 1 is 1.50 bits per heavy atom. The average molecular weight is 197 g/mol. The van der Waals surface area contributed by atoms with Crippen molar-refractivity contribution in [3.05, 3.63) is 29.6 Å². The Bertz CT molecular complexity index is 315. The predicted molar refractivity (Wildman–Crippen MR) is 50.1 cm³/mol. The van der Waals surface area contributed by atoms with Gasteiger partial charge in [-0.15, -0.1) is 0 Å². The maximum atomic E-state index is 11.8. The summed E-state index contributed by atoms with van der Waals surface area (Å²) in [6.07, 6.45) is 3.14. The van der Waals surface area contributed by atoms with E-state index in [9.17, 15) is 9.18 Å². The molecule has 1 rings (SSSR count). The van der Waals surface area contributed by atoms with Crippen molar-refractivity contribution in [2.75, 3.05) is 6.67 Å². The first-order valence-corrected chi connectivity index (χ1v) is 4.49. The molecule has 0 unspecified atom stereocenters. The lowest BCUT2D eigenvalue weighted by atomic mass is 10.1. The molecule has 0 bridgehead atoms. The van der Waals surface area contributed by atoms with Gasteiger partial charge in [0.25, 0.3) is 0 Å². The van der Waals surface area contributed by atoms with E-state index in [0.717, 1.165) is 0 Å². The molecule has 14 heavy (non-hydrogen) atoms. The van der Waals surface area contributed by atoms with Crippen LogP contribution in [0.4, 0.5) is 4.39 Å². The maximum Gasteiger partial charge on any atom is 0.354 e. The normalized spacial score (nSPS) is 10.1. The van der Waals surface area contributed by atoms with Gasteiger partial charge in [-0.1, -0.05) is 6.07 Å². The van der Waals surface area contributed by atoms with Crippen molar-refractivity contribution in [3.8, 4) is 0 Å². The molecule has 0 fully saturated rings. The van der Waals surface area contributed by atoms with E-state index < -0.39 is 5.97 Å². The molecule has 1 aromatic heterocycles. The second kappa shape index (κ2) is 5.32. The maximum absolute atomic E-state index is 11.8. The Kier molecular flexibility index (Phi) is 4.04. The number of aromatic nitrogens is 1. The molecule has 0 aromatic carbocycles. The van der Waals surface area contributed by atoms with Gasteiger partial charge in [0.15, 0.2) is 5.69 Å². The molecule has 76 valence electrons. The smallest absolute Gasteiger partial charge is 0.354 e. The number of aryl methyl sites for hydroxylation is 1. The standard InChI is InChI=1S/C10H12FNO2/c11-6-2-1-4-8-5-3-7-12-9(8)10(13)14/h3,5,7H,1-2,4,6H2,(H,13,14). The molecule has 0 aliphatic heterocycles. The van der Waals surface area contributed by atoms with Crippen molar-refractivity contribution in [1.29, 1.82) is 0 Å². The Morgan fingerprint density at radius 2 is 2.29 bits per heavy atom. The fourth-order valence-corrected chi connectivity index (χ4v) is 1.24. The first kappa shape index (κ1) is 10.6. The van der Waals surface area contributed by atoms with Crippen LogP contribution < -0.4 is 0 Å². The first-order valence-electron chi connectivity index (χ1n) is 4.49.